The van der Waals surface area contributed by atoms with Gasteiger partial charge in [-0.1, -0.05) is 19.9 Å². The van der Waals surface area contributed by atoms with E-state index in [9.17, 15) is 9.18 Å². The number of carbonyl (C=O) groups excluding carboxylic acids is 1. The van der Waals surface area contributed by atoms with E-state index >= 15 is 0 Å². The van der Waals surface area contributed by atoms with Gasteiger partial charge in [-0.05, 0) is 23.6 Å². The molecule has 148 valence electrons. The number of likely N-dealkylation sites (N-methyl/N-ethyl adjacent to an activating group) is 1. The van der Waals surface area contributed by atoms with Crippen LogP contribution >= 0.6 is 24.0 Å². The summed E-state index contributed by atoms with van der Waals surface area (Å²) in [5, 5.41) is 3.26. The number of carbonyl (C=O) groups is 1. The predicted octanol–water partition coefficient (Wildman–Crippen LogP) is 2.57. The summed E-state index contributed by atoms with van der Waals surface area (Å²) in [6.07, 6.45) is 0. The van der Waals surface area contributed by atoms with Crippen LogP contribution in [0.25, 0.3) is 0 Å². The lowest BCUT2D eigenvalue weighted by Crippen LogP contribution is -2.41. The fraction of sp³-hybridized carbons (Fsp3) is 0.556. The number of amides is 1. The Balaban J connectivity index is 0.00000625. The molecule has 0 fully saturated rings. The average Bonchev–Trinajstić information content (AvgIpc) is 2.54. The number of guanidine groups is 1. The zero-order chi connectivity index (χ0) is 19.0. The third-order valence-electron chi connectivity index (χ3n) is 3.53. The van der Waals surface area contributed by atoms with Gasteiger partial charge in [0.05, 0.1) is 7.11 Å². The lowest BCUT2D eigenvalue weighted by molar-refractivity contribution is -0.127. The van der Waals surface area contributed by atoms with Crippen LogP contribution in [0.15, 0.2) is 23.2 Å². The molecule has 0 atom stereocenters. The third kappa shape index (κ3) is 8.20. The summed E-state index contributed by atoms with van der Waals surface area (Å²) >= 11 is 0. The van der Waals surface area contributed by atoms with Gasteiger partial charge in [-0.15, -0.1) is 24.0 Å². The number of benzene rings is 1. The van der Waals surface area contributed by atoms with Crippen molar-refractivity contribution < 1.29 is 13.9 Å². The van der Waals surface area contributed by atoms with Crippen LogP contribution in [0, 0.1) is 11.7 Å². The Morgan fingerprint density at radius 2 is 1.96 bits per heavy atom. The Labute approximate surface area is 172 Å². The highest BCUT2D eigenvalue weighted by Gasteiger charge is 2.11. The zero-order valence-electron chi connectivity index (χ0n) is 16.4. The first-order chi connectivity index (χ1) is 11.7. The molecular formula is C18H30FIN4O2. The average molecular weight is 480 g/mol. The van der Waals surface area contributed by atoms with Crippen LogP contribution < -0.4 is 10.1 Å². The van der Waals surface area contributed by atoms with Crippen LogP contribution in [0.4, 0.5) is 4.39 Å². The number of ether oxygens (including phenoxy) is 1. The standard InChI is InChI=1S/C18H29FN4O2.HI/c1-13(2)10-20-18(21-11-17(24)22(3)4)23(5)12-14-7-8-16(25-6)15(19)9-14;/h7-9,13H,10-12H2,1-6H3,(H,20,21);1H. The molecule has 0 aliphatic heterocycles. The number of halogens is 2. The molecular weight excluding hydrogens is 450 g/mol. The smallest absolute Gasteiger partial charge is 0.243 e. The first-order valence-electron chi connectivity index (χ1n) is 8.26. The van der Waals surface area contributed by atoms with Crippen molar-refractivity contribution in [2.75, 3.05) is 41.3 Å². The SMILES string of the molecule is COc1ccc(CN(C)C(=NCC(=O)N(C)C)NCC(C)C)cc1F.I. The van der Waals surface area contributed by atoms with Crippen molar-refractivity contribution in [1.82, 2.24) is 15.1 Å². The van der Waals surface area contributed by atoms with Crippen molar-refractivity contribution in [3.63, 3.8) is 0 Å². The van der Waals surface area contributed by atoms with Crippen LogP contribution in [0.1, 0.15) is 19.4 Å². The number of hydrogen-bond donors (Lipinski definition) is 1. The molecule has 1 aromatic rings. The second-order valence-electron chi connectivity index (χ2n) is 6.53. The maximum atomic E-state index is 13.9. The quantitative estimate of drug-likeness (QED) is 0.371. The summed E-state index contributed by atoms with van der Waals surface area (Å²) in [5.41, 5.74) is 0.791. The molecule has 0 unspecified atom stereocenters. The topological polar surface area (TPSA) is 57.2 Å². The van der Waals surface area contributed by atoms with E-state index in [2.05, 4.69) is 24.2 Å². The van der Waals surface area contributed by atoms with Gasteiger partial charge in [0.25, 0.3) is 0 Å². The van der Waals surface area contributed by atoms with Gasteiger partial charge in [-0.2, -0.15) is 0 Å². The van der Waals surface area contributed by atoms with Gasteiger partial charge >= 0.3 is 0 Å². The normalized spacial score (nSPS) is 11.0. The fourth-order valence-corrected chi connectivity index (χ4v) is 2.05. The Morgan fingerprint density at radius 1 is 1.31 bits per heavy atom. The van der Waals surface area contributed by atoms with Crippen molar-refractivity contribution in [2.24, 2.45) is 10.9 Å². The molecule has 6 nitrogen and oxygen atoms in total. The lowest BCUT2D eigenvalue weighted by Gasteiger charge is -2.24. The highest BCUT2D eigenvalue weighted by atomic mass is 127. The Hall–Kier alpha value is -1.58. The Morgan fingerprint density at radius 3 is 2.46 bits per heavy atom. The number of hydrogen-bond acceptors (Lipinski definition) is 3. The summed E-state index contributed by atoms with van der Waals surface area (Å²) in [6.45, 7) is 5.44. The number of methoxy groups -OCH3 is 1. The maximum absolute atomic E-state index is 13.9. The van der Waals surface area contributed by atoms with Crippen molar-refractivity contribution >= 4 is 35.8 Å². The van der Waals surface area contributed by atoms with Crippen LogP contribution in [0.2, 0.25) is 0 Å². The lowest BCUT2D eigenvalue weighted by atomic mass is 10.2. The Bertz CT molecular complexity index is 609. The molecule has 26 heavy (non-hydrogen) atoms. The highest BCUT2D eigenvalue weighted by molar-refractivity contribution is 14.0. The van der Waals surface area contributed by atoms with Gasteiger partial charge in [0.15, 0.2) is 17.5 Å². The van der Waals surface area contributed by atoms with Gasteiger partial charge in [0.1, 0.15) is 6.54 Å². The molecule has 1 rings (SSSR count). The summed E-state index contributed by atoms with van der Waals surface area (Å²) in [5.74, 6) is 0.786. The first kappa shape index (κ1) is 24.4. The van der Waals surface area contributed by atoms with Gasteiger partial charge < -0.3 is 19.9 Å². The predicted molar refractivity (Wildman–Crippen MR) is 114 cm³/mol. The van der Waals surface area contributed by atoms with Crippen LogP contribution in [0.3, 0.4) is 0 Å². The molecule has 0 aliphatic rings. The van der Waals surface area contributed by atoms with E-state index < -0.39 is 5.82 Å². The van der Waals surface area contributed by atoms with Gasteiger partial charge in [0, 0.05) is 34.2 Å². The zero-order valence-corrected chi connectivity index (χ0v) is 18.7. The molecule has 1 N–H and O–H groups in total. The molecule has 0 spiro atoms. The van der Waals surface area contributed by atoms with Crippen LogP contribution in [0.5, 0.6) is 5.75 Å². The number of nitrogens with zero attached hydrogens (tertiary/aromatic N) is 3. The highest BCUT2D eigenvalue weighted by Crippen LogP contribution is 2.18. The minimum absolute atomic E-state index is 0. The van der Waals surface area contributed by atoms with E-state index in [1.165, 1.54) is 18.1 Å². The van der Waals surface area contributed by atoms with E-state index in [1.54, 1.807) is 20.2 Å². The fourth-order valence-electron chi connectivity index (χ4n) is 2.05. The Kier molecular flexibility index (Phi) is 11.2. The minimum Gasteiger partial charge on any atom is -0.494 e. The monoisotopic (exact) mass is 480 g/mol. The minimum atomic E-state index is -0.398. The summed E-state index contributed by atoms with van der Waals surface area (Å²) in [6, 6.07) is 4.86. The van der Waals surface area contributed by atoms with Crippen molar-refractivity contribution in [3.8, 4) is 5.75 Å². The molecule has 1 amide bonds. The van der Waals surface area contributed by atoms with Gasteiger partial charge in [-0.25, -0.2) is 9.38 Å². The van der Waals surface area contributed by atoms with E-state index in [0.717, 1.165) is 12.1 Å². The number of aliphatic imine (C=N–C) groups is 1. The first-order valence-corrected chi connectivity index (χ1v) is 8.26. The van der Waals surface area contributed by atoms with E-state index in [0.29, 0.717) is 18.4 Å². The molecule has 0 saturated carbocycles. The third-order valence-corrected chi connectivity index (χ3v) is 3.53. The molecule has 0 saturated heterocycles. The molecule has 0 aromatic heterocycles. The second kappa shape index (κ2) is 11.9. The number of rotatable bonds is 7. The summed E-state index contributed by atoms with van der Waals surface area (Å²) < 4.78 is 18.8. The van der Waals surface area contributed by atoms with E-state index in [-0.39, 0.29) is 42.2 Å². The van der Waals surface area contributed by atoms with Crippen LogP contribution in [-0.2, 0) is 11.3 Å². The molecule has 0 heterocycles. The summed E-state index contributed by atoms with van der Waals surface area (Å²) in [7, 11) is 6.69. The van der Waals surface area contributed by atoms with Gasteiger partial charge in [-0.3, -0.25) is 4.79 Å². The molecule has 0 bridgehead atoms. The van der Waals surface area contributed by atoms with Crippen molar-refractivity contribution in [3.05, 3.63) is 29.6 Å². The second-order valence-corrected chi connectivity index (χ2v) is 6.53. The van der Waals surface area contributed by atoms with E-state index in [1.807, 2.05) is 18.0 Å². The maximum Gasteiger partial charge on any atom is 0.243 e. The van der Waals surface area contributed by atoms with Gasteiger partial charge in [0.2, 0.25) is 5.91 Å². The molecule has 0 radical (unpaired) electrons. The number of nitrogens with one attached hydrogen (secondary N) is 1. The largest absolute Gasteiger partial charge is 0.494 e. The summed E-state index contributed by atoms with van der Waals surface area (Å²) in [4.78, 5) is 19.6. The van der Waals surface area contributed by atoms with Crippen molar-refractivity contribution in [2.45, 2.75) is 20.4 Å². The van der Waals surface area contributed by atoms with Crippen LogP contribution in [-0.4, -0.2) is 63.0 Å². The molecule has 1 aromatic carbocycles. The molecule has 0 aliphatic carbocycles. The van der Waals surface area contributed by atoms with Crippen molar-refractivity contribution in [1.29, 1.82) is 0 Å². The van der Waals surface area contributed by atoms with E-state index in [4.69, 9.17) is 4.74 Å². The molecule has 8 heteroatoms.